The minimum Gasteiger partial charge on any atom is -0.493 e. The van der Waals surface area contributed by atoms with Gasteiger partial charge in [0.05, 0.1) is 19.2 Å². The first-order chi connectivity index (χ1) is 19.7. The van der Waals surface area contributed by atoms with E-state index in [4.69, 9.17) is 14.2 Å². The average molecular weight is 565 g/mol. The Hall–Kier alpha value is -4.28. The number of nitrogens with one attached hydrogen (secondary N) is 2. The van der Waals surface area contributed by atoms with Gasteiger partial charge in [0.2, 0.25) is 11.8 Å². The summed E-state index contributed by atoms with van der Waals surface area (Å²) >= 11 is 0. The van der Waals surface area contributed by atoms with E-state index in [0.717, 1.165) is 18.4 Å². The number of likely N-dealkylation sites (tertiary alicyclic amines) is 1. The Balaban J connectivity index is 1.38. The van der Waals surface area contributed by atoms with Crippen LogP contribution < -0.4 is 24.8 Å². The summed E-state index contributed by atoms with van der Waals surface area (Å²) in [7, 11) is 3.31. The van der Waals surface area contributed by atoms with Crippen LogP contribution in [0, 0.1) is 5.92 Å². The molecule has 6 rings (SSSR count). The Labute approximate surface area is 239 Å². The van der Waals surface area contributed by atoms with Crippen molar-refractivity contribution in [3.63, 3.8) is 0 Å². The summed E-state index contributed by atoms with van der Waals surface area (Å²) in [6.45, 7) is 1.15. The summed E-state index contributed by atoms with van der Waals surface area (Å²) in [5.41, 5.74) is 1.19. The van der Waals surface area contributed by atoms with Crippen LogP contribution in [0.15, 0.2) is 42.5 Å². The van der Waals surface area contributed by atoms with Gasteiger partial charge in [-0.25, -0.2) is 0 Å². The van der Waals surface area contributed by atoms with Crippen molar-refractivity contribution in [3.8, 4) is 17.2 Å². The third kappa shape index (κ3) is 7.68. The molecule has 41 heavy (non-hydrogen) atoms. The van der Waals surface area contributed by atoms with Gasteiger partial charge in [0.25, 0.3) is 11.8 Å². The summed E-state index contributed by atoms with van der Waals surface area (Å²) < 4.78 is 17.9. The van der Waals surface area contributed by atoms with E-state index in [2.05, 4.69) is 10.6 Å². The number of hydrogen-bond acceptors (Lipinski definition) is 7. The average Bonchev–Trinajstić information content (AvgIpc) is 3.72. The van der Waals surface area contributed by atoms with E-state index >= 15 is 0 Å². The van der Waals surface area contributed by atoms with Crippen molar-refractivity contribution in [2.24, 2.45) is 5.92 Å². The zero-order valence-corrected chi connectivity index (χ0v) is 23.4. The molecule has 4 bridgehead atoms. The second-order valence-corrected chi connectivity index (χ2v) is 11.0. The fourth-order valence-electron chi connectivity index (χ4n) is 4.71. The van der Waals surface area contributed by atoms with Gasteiger partial charge in [-0.05, 0) is 48.6 Å². The van der Waals surface area contributed by atoms with E-state index in [0.29, 0.717) is 41.9 Å². The molecular weight excluding hydrogens is 528 g/mol. The molecule has 2 N–H and O–H groups in total. The van der Waals surface area contributed by atoms with Gasteiger partial charge in [-0.3, -0.25) is 19.2 Å². The lowest BCUT2D eigenvalue weighted by Gasteiger charge is -2.21. The number of carbonyl (C=O) groups excluding carboxylic acids is 4. The zero-order valence-electron chi connectivity index (χ0n) is 23.4. The molecule has 2 atom stereocenters. The number of nitrogens with zero attached hydrogens (tertiary/aromatic N) is 2. The number of amides is 4. The third-order valence-corrected chi connectivity index (χ3v) is 7.38. The standard InChI is InChI=1S/C30H36N4O7/c1-33(2)28(36)9-10-29(37)34-15-25-26(16-34)41-22-7-5-19(6-8-22)14-31-27(35)18-40-24-12-21(30(38)32-25)11-23(13-24)39-17-20-3-4-20/h5-8,11-13,20,25-26H,3-4,9-10,14-18H2,1-2H3,(H,31,35)(H,32,38)/t25-,26-/m0/s1. The van der Waals surface area contributed by atoms with Crippen LogP contribution >= 0.6 is 0 Å². The molecule has 1 saturated heterocycles. The summed E-state index contributed by atoms with van der Waals surface area (Å²) in [5.74, 6) is 0.935. The quantitative estimate of drug-likeness (QED) is 0.547. The molecule has 2 aromatic rings. The SMILES string of the molecule is CN(C)C(=O)CCC(=O)N1C[C@@H]2NC(=O)c3cc(cc(OCC4CC4)c3)OCC(=O)NCc3ccc(cc3)O[C@H]2C1. The normalized spacial score (nSPS) is 20.6. The number of ether oxygens (including phenoxy) is 3. The first-order valence-corrected chi connectivity index (χ1v) is 14.0. The maximum absolute atomic E-state index is 13.5. The highest BCUT2D eigenvalue weighted by atomic mass is 16.5. The van der Waals surface area contributed by atoms with Crippen molar-refractivity contribution in [2.75, 3.05) is 40.4 Å². The first-order valence-electron chi connectivity index (χ1n) is 14.0. The Bertz CT molecular complexity index is 1290. The van der Waals surface area contributed by atoms with Crippen LogP contribution in [0.2, 0.25) is 0 Å². The maximum atomic E-state index is 13.5. The van der Waals surface area contributed by atoms with Crippen LogP contribution in [0.5, 0.6) is 17.2 Å². The minimum atomic E-state index is -0.515. The number of fused-ring (bicyclic) bond motifs is 7. The van der Waals surface area contributed by atoms with E-state index in [1.54, 1.807) is 49.3 Å². The Morgan fingerprint density at radius 3 is 2.54 bits per heavy atom. The number of carbonyl (C=O) groups is 4. The Morgan fingerprint density at radius 2 is 1.80 bits per heavy atom. The van der Waals surface area contributed by atoms with Crippen molar-refractivity contribution in [1.29, 1.82) is 0 Å². The summed E-state index contributed by atoms with van der Waals surface area (Å²) in [6.07, 6.45) is 1.91. The van der Waals surface area contributed by atoms with E-state index < -0.39 is 12.1 Å². The van der Waals surface area contributed by atoms with Crippen LogP contribution in [0.25, 0.3) is 0 Å². The molecule has 11 heteroatoms. The predicted molar refractivity (Wildman–Crippen MR) is 149 cm³/mol. The van der Waals surface area contributed by atoms with Crippen LogP contribution in [0.3, 0.4) is 0 Å². The lowest BCUT2D eigenvalue weighted by atomic mass is 10.1. The van der Waals surface area contributed by atoms with E-state index in [1.807, 2.05) is 12.1 Å². The molecule has 0 radical (unpaired) electrons. The second kappa shape index (κ2) is 12.5. The molecule has 1 saturated carbocycles. The van der Waals surface area contributed by atoms with Gasteiger partial charge in [-0.15, -0.1) is 0 Å². The van der Waals surface area contributed by atoms with Crippen molar-refractivity contribution in [3.05, 3.63) is 53.6 Å². The molecule has 3 heterocycles. The summed E-state index contributed by atoms with van der Waals surface area (Å²) in [4.78, 5) is 54.0. The van der Waals surface area contributed by atoms with Gasteiger partial charge in [-0.1, -0.05) is 12.1 Å². The summed E-state index contributed by atoms with van der Waals surface area (Å²) in [6, 6.07) is 11.7. The smallest absolute Gasteiger partial charge is 0.258 e. The molecule has 2 fully saturated rings. The zero-order chi connectivity index (χ0) is 28.9. The van der Waals surface area contributed by atoms with Crippen LogP contribution in [-0.2, 0) is 20.9 Å². The highest BCUT2D eigenvalue weighted by Gasteiger charge is 2.38. The highest BCUT2D eigenvalue weighted by molar-refractivity contribution is 5.95. The van der Waals surface area contributed by atoms with E-state index in [-0.39, 0.29) is 56.2 Å². The van der Waals surface area contributed by atoms with Crippen molar-refractivity contribution >= 4 is 23.6 Å². The largest absolute Gasteiger partial charge is 0.493 e. The van der Waals surface area contributed by atoms with Crippen LogP contribution in [-0.4, -0.2) is 86.0 Å². The fourth-order valence-corrected chi connectivity index (χ4v) is 4.71. The highest BCUT2D eigenvalue weighted by Crippen LogP contribution is 2.31. The Kier molecular flexibility index (Phi) is 8.61. The van der Waals surface area contributed by atoms with Crippen molar-refractivity contribution in [1.82, 2.24) is 20.4 Å². The fraction of sp³-hybridized carbons (Fsp3) is 0.467. The molecule has 3 aliphatic heterocycles. The monoisotopic (exact) mass is 564 g/mol. The van der Waals surface area contributed by atoms with Crippen LogP contribution in [0.1, 0.15) is 41.6 Å². The number of rotatable bonds is 6. The molecule has 0 aromatic heterocycles. The topological polar surface area (TPSA) is 127 Å². The molecule has 11 nitrogen and oxygen atoms in total. The Morgan fingerprint density at radius 1 is 1.02 bits per heavy atom. The van der Waals surface area contributed by atoms with E-state index in [9.17, 15) is 19.2 Å². The summed E-state index contributed by atoms with van der Waals surface area (Å²) in [5, 5.41) is 5.86. The minimum absolute atomic E-state index is 0.0753. The van der Waals surface area contributed by atoms with Gasteiger partial charge in [0.15, 0.2) is 6.61 Å². The van der Waals surface area contributed by atoms with Crippen molar-refractivity contribution < 1.29 is 33.4 Å². The second-order valence-electron chi connectivity index (χ2n) is 11.0. The maximum Gasteiger partial charge on any atom is 0.258 e. The molecule has 2 aromatic carbocycles. The van der Waals surface area contributed by atoms with Gasteiger partial charge < -0.3 is 34.6 Å². The predicted octanol–water partition coefficient (Wildman–Crippen LogP) is 1.74. The van der Waals surface area contributed by atoms with Gasteiger partial charge in [-0.2, -0.15) is 0 Å². The van der Waals surface area contributed by atoms with Crippen molar-refractivity contribution in [2.45, 2.75) is 44.4 Å². The molecule has 1 aliphatic carbocycles. The van der Waals surface area contributed by atoms with E-state index in [1.165, 1.54) is 4.90 Å². The molecule has 0 spiro atoms. The lowest BCUT2D eigenvalue weighted by Crippen LogP contribution is -2.45. The number of benzene rings is 2. The van der Waals surface area contributed by atoms with Gasteiger partial charge in [0.1, 0.15) is 23.4 Å². The molecule has 0 unspecified atom stereocenters. The number of hydrogen-bond donors (Lipinski definition) is 2. The molecule has 4 aliphatic rings. The molecular formula is C30H36N4O7. The van der Waals surface area contributed by atoms with Gasteiger partial charge in [0, 0.05) is 51.7 Å². The third-order valence-electron chi connectivity index (χ3n) is 7.38. The van der Waals surface area contributed by atoms with Gasteiger partial charge >= 0.3 is 0 Å². The first kappa shape index (κ1) is 28.3. The molecule has 218 valence electrons. The lowest BCUT2D eigenvalue weighted by molar-refractivity contribution is -0.135. The molecule has 4 amide bonds. The van der Waals surface area contributed by atoms with Crippen LogP contribution in [0.4, 0.5) is 0 Å².